The molecule has 24 heavy (non-hydrogen) atoms. The molecule has 2 aromatic rings. The zero-order chi connectivity index (χ0) is 16.9. The van der Waals surface area contributed by atoms with Crippen molar-refractivity contribution in [1.82, 2.24) is 15.5 Å². The van der Waals surface area contributed by atoms with Crippen molar-refractivity contribution in [3.63, 3.8) is 0 Å². The molecule has 2 atom stereocenters. The molecule has 128 valence electrons. The Bertz CT molecular complexity index is 681. The highest BCUT2D eigenvalue weighted by atomic mass is 35.5. The van der Waals surface area contributed by atoms with E-state index in [2.05, 4.69) is 15.5 Å². The van der Waals surface area contributed by atoms with Crippen LogP contribution < -0.4 is 5.32 Å². The Morgan fingerprint density at radius 1 is 1.38 bits per heavy atom. The molecule has 1 aromatic heterocycles. The van der Waals surface area contributed by atoms with Crippen LogP contribution in [0.5, 0.6) is 0 Å². The molecule has 1 fully saturated rings. The summed E-state index contributed by atoms with van der Waals surface area (Å²) in [6.45, 7) is 2.75. The van der Waals surface area contributed by atoms with Crippen LogP contribution in [0.15, 0.2) is 28.7 Å². The normalized spacial score (nSPS) is 18.5. The lowest BCUT2D eigenvalue weighted by Gasteiger charge is -2.19. The Labute approximate surface area is 145 Å². The van der Waals surface area contributed by atoms with Gasteiger partial charge in [0.1, 0.15) is 0 Å². The van der Waals surface area contributed by atoms with Gasteiger partial charge in [0.25, 0.3) is 0 Å². The molecule has 1 amide bonds. The van der Waals surface area contributed by atoms with Crippen LogP contribution in [-0.4, -0.2) is 34.9 Å². The van der Waals surface area contributed by atoms with Crippen LogP contribution >= 0.6 is 11.6 Å². The molecule has 1 aliphatic rings. The largest absolute Gasteiger partial charge is 0.421 e. The highest BCUT2D eigenvalue weighted by molar-refractivity contribution is 6.30. The number of amides is 1. The van der Waals surface area contributed by atoms with Crippen molar-refractivity contribution in [2.75, 3.05) is 6.61 Å². The second-order valence-electron chi connectivity index (χ2n) is 5.92. The van der Waals surface area contributed by atoms with Gasteiger partial charge in [-0.05, 0) is 44.0 Å². The van der Waals surface area contributed by atoms with Gasteiger partial charge in [-0.3, -0.25) is 4.79 Å². The molecule has 2 heterocycles. The number of carbonyl (C=O) groups excluding carboxylic acids is 1. The fourth-order valence-corrected chi connectivity index (χ4v) is 2.83. The Hall–Kier alpha value is -1.92. The monoisotopic (exact) mass is 349 g/mol. The molecule has 1 aliphatic heterocycles. The van der Waals surface area contributed by atoms with Crippen molar-refractivity contribution >= 4 is 17.5 Å². The molecule has 0 aliphatic carbocycles. The third-order valence-electron chi connectivity index (χ3n) is 4.04. The van der Waals surface area contributed by atoms with Crippen LogP contribution in [0.4, 0.5) is 0 Å². The number of nitrogens with zero attached hydrogens (tertiary/aromatic N) is 2. The first-order chi connectivity index (χ1) is 11.6. The zero-order valence-corrected chi connectivity index (χ0v) is 14.3. The van der Waals surface area contributed by atoms with E-state index in [0.717, 1.165) is 25.0 Å². The summed E-state index contributed by atoms with van der Waals surface area (Å²) in [7, 11) is 0. The average molecular weight is 350 g/mol. The molecular weight excluding hydrogens is 330 g/mol. The molecule has 1 aromatic carbocycles. The van der Waals surface area contributed by atoms with Crippen molar-refractivity contribution < 1.29 is 13.9 Å². The van der Waals surface area contributed by atoms with Gasteiger partial charge >= 0.3 is 0 Å². The number of aryl methyl sites for hydroxylation is 1. The van der Waals surface area contributed by atoms with Crippen molar-refractivity contribution in [3.05, 3.63) is 35.2 Å². The zero-order valence-electron chi connectivity index (χ0n) is 13.5. The molecular formula is C17H20ClN3O3. The van der Waals surface area contributed by atoms with E-state index in [1.807, 2.05) is 19.1 Å². The molecule has 0 saturated carbocycles. The predicted octanol–water partition coefficient (Wildman–Crippen LogP) is 3.01. The molecule has 0 unspecified atom stereocenters. The third kappa shape index (κ3) is 4.33. The molecule has 1 N–H and O–H groups in total. The summed E-state index contributed by atoms with van der Waals surface area (Å²) in [6.07, 6.45) is 2.88. The van der Waals surface area contributed by atoms with E-state index in [1.54, 1.807) is 12.1 Å². The lowest BCUT2D eigenvalue weighted by molar-refractivity contribution is -0.122. The summed E-state index contributed by atoms with van der Waals surface area (Å²) in [5.41, 5.74) is 0.801. The molecule has 6 nitrogen and oxygen atoms in total. The maximum atomic E-state index is 12.0. The van der Waals surface area contributed by atoms with E-state index in [9.17, 15) is 4.79 Å². The van der Waals surface area contributed by atoms with Gasteiger partial charge in [0.15, 0.2) is 0 Å². The minimum absolute atomic E-state index is 0.0207. The number of aromatic nitrogens is 2. The summed E-state index contributed by atoms with van der Waals surface area (Å²) in [6, 6.07) is 7.18. The lowest BCUT2D eigenvalue weighted by atomic mass is 10.1. The summed E-state index contributed by atoms with van der Waals surface area (Å²) >= 11 is 5.86. The second kappa shape index (κ2) is 7.77. The lowest BCUT2D eigenvalue weighted by Crippen LogP contribution is -2.40. The van der Waals surface area contributed by atoms with Crippen LogP contribution in [0.3, 0.4) is 0 Å². The number of carbonyl (C=O) groups is 1. The second-order valence-corrected chi connectivity index (χ2v) is 6.35. The van der Waals surface area contributed by atoms with Gasteiger partial charge in [-0.1, -0.05) is 11.6 Å². The van der Waals surface area contributed by atoms with Crippen molar-refractivity contribution in [3.8, 4) is 11.5 Å². The van der Waals surface area contributed by atoms with Crippen LogP contribution in [0, 0.1) is 0 Å². The summed E-state index contributed by atoms with van der Waals surface area (Å²) in [5.74, 6) is 0.832. The van der Waals surface area contributed by atoms with E-state index in [-0.39, 0.29) is 18.1 Å². The fraction of sp³-hybridized carbons (Fsp3) is 0.471. The Morgan fingerprint density at radius 2 is 2.17 bits per heavy atom. The minimum Gasteiger partial charge on any atom is -0.421 e. The maximum absolute atomic E-state index is 12.0. The Kier molecular flexibility index (Phi) is 5.48. The van der Waals surface area contributed by atoms with Crippen molar-refractivity contribution in [2.45, 2.75) is 44.8 Å². The molecule has 0 bridgehead atoms. The smallest absolute Gasteiger partial charge is 0.247 e. The van der Waals surface area contributed by atoms with E-state index >= 15 is 0 Å². The van der Waals surface area contributed by atoms with E-state index in [1.165, 1.54) is 0 Å². The number of nitrogens with one attached hydrogen (secondary N) is 1. The van der Waals surface area contributed by atoms with Gasteiger partial charge in [0, 0.05) is 30.0 Å². The molecule has 1 saturated heterocycles. The number of benzene rings is 1. The first-order valence-electron chi connectivity index (χ1n) is 8.11. The van der Waals surface area contributed by atoms with E-state index in [0.29, 0.717) is 29.6 Å². The van der Waals surface area contributed by atoms with Gasteiger partial charge in [-0.2, -0.15) is 0 Å². The van der Waals surface area contributed by atoms with Gasteiger partial charge in [-0.15, -0.1) is 10.2 Å². The molecule has 7 heteroatoms. The molecule has 0 radical (unpaired) electrons. The first kappa shape index (κ1) is 16.9. The number of ether oxygens (including phenoxy) is 1. The molecule has 3 rings (SSSR count). The number of rotatable bonds is 6. The fourth-order valence-electron chi connectivity index (χ4n) is 2.70. The van der Waals surface area contributed by atoms with Gasteiger partial charge < -0.3 is 14.5 Å². The summed E-state index contributed by atoms with van der Waals surface area (Å²) < 4.78 is 11.2. The minimum atomic E-state index is -0.0377. The van der Waals surface area contributed by atoms with Crippen LogP contribution in [0.2, 0.25) is 5.02 Å². The van der Waals surface area contributed by atoms with E-state index in [4.69, 9.17) is 20.8 Å². The van der Waals surface area contributed by atoms with Crippen LogP contribution in [0.25, 0.3) is 11.5 Å². The van der Waals surface area contributed by atoms with Crippen molar-refractivity contribution in [1.29, 1.82) is 0 Å². The highest BCUT2D eigenvalue weighted by Gasteiger charge is 2.23. The van der Waals surface area contributed by atoms with Gasteiger partial charge in [0.2, 0.25) is 17.7 Å². The number of hydrogen-bond acceptors (Lipinski definition) is 5. The van der Waals surface area contributed by atoms with Crippen molar-refractivity contribution in [2.24, 2.45) is 0 Å². The standard InChI is InChI=1S/C17H20ClN3O3/c1-11(14-3-2-10-23-14)19-15(22)8-9-16-20-21-17(24-16)12-4-6-13(18)7-5-12/h4-7,11,14H,2-3,8-10H2,1H3,(H,19,22)/t11-,14-/m1/s1. The predicted molar refractivity (Wildman–Crippen MR) is 89.6 cm³/mol. The van der Waals surface area contributed by atoms with Crippen LogP contribution in [-0.2, 0) is 16.0 Å². The van der Waals surface area contributed by atoms with E-state index < -0.39 is 0 Å². The SMILES string of the molecule is C[C@@H](NC(=O)CCc1nnc(-c2ccc(Cl)cc2)o1)[C@H]1CCCO1. The van der Waals surface area contributed by atoms with Gasteiger partial charge in [-0.25, -0.2) is 0 Å². The topological polar surface area (TPSA) is 77.3 Å². The average Bonchev–Trinajstić information content (AvgIpc) is 3.25. The quantitative estimate of drug-likeness (QED) is 0.867. The maximum Gasteiger partial charge on any atom is 0.247 e. The van der Waals surface area contributed by atoms with Gasteiger partial charge in [0.05, 0.1) is 12.1 Å². The first-order valence-corrected chi connectivity index (χ1v) is 8.49. The van der Waals surface area contributed by atoms with Crippen LogP contribution in [0.1, 0.15) is 32.1 Å². The summed E-state index contributed by atoms with van der Waals surface area (Å²) in [4.78, 5) is 12.0. The summed E-state index contributed by atoms with van der Waals surface area (Å²) in [5, 5.41) is 11.6. The Morgan fingerprint density at radius 3 is 2.88 bits per heavy atom. The molecule has 0 spiro atoms. The Balaban J connectivity index is 1.49. The highest BCUT2D eigenvalue weighted by Crippen LogP contribution is 2.20. The number of halogens is 1. The third-order valence-corrected chi connectivity index (χ3v) is 4.29. The number of hydrogen-bond donors (Lipinski definition) is 1.